The minimum absolute atomic E-state index is 0.0124. The number of likely N-dealkylation sites (tertiary alicyclic amines) is 1. The van der Waals surface area contributed by atoms with Gasteiger partial charge < -0.3 is 14.9 Å². The monoisotopic (exact) mass is 527 g/mol. The predicted octanol–water partition coefficient (Wildman–Crippen LogP) is 3.76. The van der Waals surface area contributed by atoms with E-state index < -0.39 is 21.1 Å². The van der Waals surface area contributed by atoms with E-state index in [0.717, 1.165) is 42.0 Å². The van der Waals surface area contributed by atoms with Gasteiger partial charge in [-0.3, -0.25) is 9.08 Å². The largest absolute Gasteiger partial charge is 0.504 e. The molecule has 2 saturated carbocycles. The van der Waals surface area contributed by atoms with E-state index in [0.29, 0.717) is 44.5 Å². The molecule has 3 fully saturated rings. The van der Waals surface area contributed by atoms with Crippen molar-refractivity contribution in [2.24, 2.45) is 11.8 Å². The maximum atomic E-state index is 12.5. The van der Waals surface area contributed by atoms with Gasteiger partial charge >= 0.3 is 0 Å². The summed E-state index contributed by atoms with van der Waals surface area (Å²) in [6, 6.07) is 13.7. The summed E-state index contributed by atoms with van der Waals surface area (Å²) in [5.41, 5.74) is 1.20. The topological polar surface area (TPSA) is 96.3 Å². The van der Waals surface area contributed by atoms with Crippen LogP contribution in [0.2, 0.25) is 0 Å². The van der Waals surface area contributed by atoms with E-state index >= 15 is 0 Å². The molecule has 0 aromatic heterocycles. The normalized spacial score (nSPS) is 31.4. The van der Waals surface area contributed by atoms with Crippen molar-refractivity contribution in [3.63, 3.8) is 0 Å². The van der Waals surface area contributed by atoms with E-state index in [1.54, 1.807) is 0 Å². The molecule has 2 bridgehead atoms. The Kier molecular flexibility index (Phi) is 6.30. The first-order valence-electron chi connectivity index (χ1n) is 13.5. The van der Waals surface area contributed by atoms with Gasteiger partial charge in [-0.2, -0.15) is 8.42 Å². The summed E-state index contributed by atoms with van der Waals surface area (Å²) >= 11 is 0. The molecule has 1 heterocycles. The fraction of sp³-hybridized carbons (Fsp3) is 0.586. The maximum absolute atomic E-state index is 12.5. The molecule has 0 spiro atoms. The van der Waals surface area contributed by atoms with Crippen LogP contribution in [0.5, 0.6) is 11.5 Å². The molecule has 6 rings (SSSR count). The number of ether oxygens (including phenoxy) is 1. The smallest absolute Gasteiger partial charge is 0.264 e. The predicted molar refractivity (Wildman–Crippen MR) is 140 cm³/mol. The number of hydrogen-bond acceptors (Lipinski definition) is 7. The first-order valence-corrected chi connectivity index (χ1v) is 15.3. The fourth-order valence-corrected chi connectivity index (χ4v) is 7.80. The second kappa shape index (κ2) is 9.26. The molecule has 1 aliphatic heterocycles. The zero-order chi connectivity index (χ0) is 25.8. The molecule has 0 unspecified atom stereocenters. The van der Waals surface area contributed by atoms with E-state index in [4.69, 9.17) is 8.92 Å². The number of aromatic hydroxyl groups is 1. The zero-order valence-electron chi connectivity index (χ0n) is 21.4. The van der Waals surface area contributed by atoms with E-state index in [1.165, 1.54) is 12.8 Å². The summed E-state index contributed by atoms with van der Waals surface area (Å²) < 4.78 is 34.8. The standard InChI is InChI=1S/C29H37NO6S/c1-37(33,34)36-19-22-11-12-29(32)25-15-23-9-10-24(35-18-21-5-3-2-4-6-21)27(31)26(23)28(29,16-22)13-14-30(25)17-20-7-8-20/h2-6,9-10,20,22,25,31-32H,7-8,11-19H2,1H3/t22-,25+,28+,29+/m0/s1. The number of piperidine rings is 1. The van der Waals surface area contributed by atoms with Gasteiger partial charge in [-0.25, -0.2) is 0 Å². The van der Waals surface area contributed by atoms with Crippen molar-refractivity contribution < 1.29 is 27.6 Å². The number of benzene rings is 2. The lowest BCUT2D eigenvalue weighted by Crippen LogP contribution is -2.73. The Morgan fingerprint density at radius 1 is 1.05 bits per heavy atom. The van der Waals surface area contributed by atoms with Crippen LogP contribution < -0.4 is 4.74 Å². The van der Waals surface area contributed by atoms with E-state index in [-0.39, 0.29) is 24.3 Å². The highest BCUT2D eigenvalue weighted by molar-refractivity contribution is 7.85. The van der Waals surface area contributed by atoms with Gasteiger partial charge in [-0.1, -0.05) is 36.4 Å². The van der Waals surface area contributed by atoms with Crippen molar-refractivity contribution in [3.8, 4) is 11.5 Å². The third kappa shape index (κ3) is 4.56. The van der Waals surface area contributed by atoms with Crippen LogP contribution in [0.4, 0.5) is 0 Å². The summed E-state index contributed by atoms with van der Waals surface area (Å²) in [5.74, 6) is 1.24. The van der Waals surface area contributed by atoms with Crippen LogP contribution in [0.3, 0.4) is 0 Å². The summed E-state index contributed by atoms with van der Waals surface area (Å²) in [5, 5.41) is 24.2. The number of phenolic OH excluding ortho intramolecular Hbond substituents is 1. The van der Waals surface area contributed by atoms with E-state index in [1.807, 2.05) is 36.4 Å². The zero-order valence-corrected chi connectivity index (χ0v) is 22.3. The lowest BCUT2D eigenvalue weighted by atomic mass is 9.48. The second-order valence-electron chi connectivity index (χ2n) is 11.7. The van der Waals surface area contributed by atoms with Gasteiger partial charge in [-0.05, 0) is 80.5 Å². The Hall–Kier alpha value is -2.13. The number of phenols is 1. The van der Waals surface area contributed by atoms with Gasteiger partial charge in [0, 0.05) is 23.6 Å². The van der Waals surface area contributed by atoms with Gasteiger partial charge in [0.2, 0.25) is 0 Å². The average Bonchev–Trinajstić information content (AvgIpc) is 3.68. The molecular formula is C29H37NO6S. The highest BCUT2D eigenvalue weighted by atomic mass is 32.2. The molecule has 7 nitrogen and oxygen atoms in total. The van der Waals surface area contributed by atoms with Crippen molar-refractivity contribution in [2.75, 3.05) is 26.0 Å². The fourth-order valence-electron chi connectivity index (χ4n) is 7.36. The number of fused-ring (bicyclic) bond motifs is 1. The van der Waals surface area contributed by atoms with Crippen molar-refractivity contribution in [2.45, 2.75) is 68.6 Å². The minimum Gasteiger partial charge on any atom is -0.504 e. The first-order chi connectivity index (χ1) is 17.7. The summed E-state index contributed by atoms with van der Waals surface area (Å²) in [7, 11) is -3.56. The van der Waals surface area contributed by atoms with Gasteiger partial charge in [0.15, 0.2) is 11.5 Å². The Morgan fingerprint density at radius 2 is 1.84 bits per heavy atom. The van der Waals surface area contributed by atoms with Gasteiger partial charge in [-0.15, -0.1) is 0 Å². The highest BCUT2D eigenvalue weighted by Gasteiger charge is 2.65. The van der Waals surface area contributed by atoms with Gasteiger partial charge in [0.05, 0.1) is 18.5 Å². The summed E-state index contributed by atoms with van der Waals surface area (Å²) in [6.45, 7) is 2.32. The lowest BCUT2D eigenvalue weighted by molar-refractivity contribution is -0.177. The molecule has 0 amide bonds. The third-order valence-corrected chi connectivity index (χ3v) is 9.85. The van der Waals surface area contributed by atoms with E-state index in [2.05, 4.69) is 11.0 Å². The molecule has 2 N–H and O–H groups in total. The van der Waals surface area contributed by atoms with Gasteiger partial charge in [0.1, 0.15) is 6.61 Å². The van der Waals surface area contributed by atoms with Crippen LogP contribution in [0.25, 0.3) is 0 Å². The quantitative estimate of drug-likeness (QED) is 0.505. The molecule has 8 heteroatoms. The Balaban J connectivity index is 1.37. The molecular weight excluding hydrogens is 490 g/mol. The summed E-state index contributed by atoms with van der Waals surface area (Å²) in [6.07, 6.45) is 6.84. The second-order valence-corrected chi connectivity index (χ2v) is 13.4. The van der Waals surface area contributed by atoms with Crippen molar-refractivity contribution in [1.29, 1.82) is 0 Å². The highest BCUT2D eigenvalue weighted by Crippen LogP contribution is 2.62. The SMILES string of the molecule is CS(=O)(=O)OC[C@H]1CC[C@@]2(O)[C@H]3Cc4ccc(OCc5ccccc5)c(O)c4[C@@]2(CCN3CC2CC2)C1. The van der Waals surface area contributed by atoms with Crippen LogP contribution >= 0.6 is 0 Å². The maximum Gasteiger partial charge on any atom is 0.264 e. The Morgan fingerprint density at radius 3 is 2.57 bits per heavy atom. The molecule has 3 aliphatic carbocycles. The van der Waals surface area contributed by atoms with Crippen LogP contribution in [-0.4, -0.2) is 61.1 Å². The number of hydrogen-bond donors (Lipinski definition) is 2. The molecule has 200 valence electrons. The van der Waals surface area contributed by atoms with Crippen LogP contribution in [0.1, 0.15) is 55.2 Å². The summed E-state index contributed by atoms with van der Waals surface area (Å²) in [4.78, 5) is 2.49. The lowest BCUT2D eigenvalue weighted by Gasteiger charge is -2.64. The number of rotatable bonds is 8. The first kappa shape index (κ1) is 25.2. The molecule has 1 saturated heterocycles. The van der Waals surface area contributed by atoms with Crippen LogP contribution in [0.15, 0.2) is 42.5 Å². The van der Waals surface area contributed by atoms with Crippen molar-refractivity contribution in [1.82, 2.24) is 4.90 Å². The molecule has 37 heavy (non-hydrogen) atoms. The average molecular weight is 528 g/mol. The van der Waals surface area contributed by atoms with Crippen molar-refractivity contribution >= 4 is 10.1 Å². The van der Waals surface area contributed by atoms with Gasteiger partial charge in [0.25, 0.3) is 10.1 Å². The van der Waals surface area contributed by atoms with E-state index in [9.17, 15) is 18.6 Å². The van der Waals surface area contributed by atoms with Crippen molar-refractivity contribution in [3.05, 3.63) is 59.2 Å². The number of nitrogens with zero attached hydrogens (tertiary/aromatic N) is 1. The Bertz CT molecular complexity index is 1260. The van der Waals surface area contributed by atoms with Crippen LogP contribution in [0, 0.1) is 11.8 Å². The molecule has 2 aromatic carbocycles. The molecule has 4 aliphatic rings. The molecule has 4 atom stereocenters. The minimum atomic E-state index is -3.56. The number of aliphatic hydroxyl groups is 1. The Labute approximate surface area is 219 Å². The van der Waals surface area contributed by atoms with Crippen LogP contribution in [-0.2, 0) is 32.7 Å². The molecule has 0 radical (unpaired) electrons. The third-order valence-electron chi connectivity index (χ3n) is 9.28. The molecule has 2 aromatic rings.